The van der Waals surface area contributed by atoms with Gasteiger partial charge in [-0.3, -0.25) is 0 Å². The van der Waals surface area contributed by atoms with Gasteiger partial charge in [-0.25, -0.2) is 0 Å². The van der Waals surface area contributed by atoms with Crippen LogP contribution in [0.15, 0.2) is 4.52 Å². The molecule has 1 aromatic rings. The Kier molecular flexibility index (Phi) is 3.35. The quantitative estimate of drug-likeness (QED) is 0.885. The van der Waals surface area contributed by atoms with Gasteiger partial charge in [-0.05, 0) is 39.3 Å². The Bertz CT molecular complexity index is 389. The molecular weight excluding hydrogens is 228 g/mol. The van der Waals surface area contributed by atoms with Crippen molar-refractivity contribution in [1.82, 2.24) is 20.4 Å². The monoisotopic (exact) mass is 250 g/mol. The minimum Gasteiger partial charge on any atom is -0.338 e. The lowest BCUT2D eigenvalue weighted by Gasteiger charge is -2.24. The Balaban J connectivity index is 1.66. The number of nitrogens with zero attached hydrogens (tertiary/aromatic N) is 3. The molecule has 0 bridgehead atoms. The minimum atomic E-state index is 0.279. The minimum absolute atomic E-state index is 0.279. The van der Waals surface area contributed by atoms with Crippen LogP contribution in [0.3, 0.4) is 0 Å². The van der Waals surface area contributed by atoms with E-state index in [4.69, 9.17) is 4.52 Å². The van der Waals surface area contributed by atoms with Gasteiger partial charge in [0, 0.05) is 6.04 Å². The number of hydrogen-bond donors (Lipinski definition) is 1. The van der Waals surface area contributed by atoms with Crippen LogP contribution in [0.5, 0.6) is 0 Å². The Morgan fingerprint density at radius 3 is 2.94 bits per heavy atom. The molecule has 3 unspecified atom stereocenters. The molecule has 1 N–H and O–H groups in total. The second-order valence-corrected chi connectivity index (χ2v) is 5.89. The molecule has 1 saturated carbocycles. The first kappa shape index (κ1) is 12.1. The highest BCUT2D eigenvalue weighted by molar-refractivity contribution is 5.01. The summed E-state index contributed by atoms with van der Waals surface area (Å²) >= 11 is 0. The second-order valence-electron chi connectivity index (χ2n) is 5.89. The molecule has 0 radical (unpaired) electrons. The van der Waals surface area contributed by atoms with Crippen molar-refractivity contribution in [2.75, 3.05) is 14.1 Å². The lowest BCUT2D eigenvalue weighted by atomic mass is 9.85. The lowest BCUT2D eigenvalue weighted by molar-refractivity contribution is 0.322. The Hall–Kier alpha value is -0.940. The average Bonchev–Trinajstić information content (AvgIpc) is 2.93. The standard InChI is InChI=1S/C13H22N4O/c1-17(2)8-12-15-13(18-16-12)11-7-9-5-3-4-6-10(9)14-11/h9-11,14H,3-8H2,1-2H3. The molecule has 100 valence electrons. The van der Waals surface area contributed by atoms with E-state index in [1.54, 1.807) is 0 Å². The molecule has 1 aliphatic carbocycles. The van der Waals surface area contributed by atoms with E-state index >= 15 is 0 Å². The van der Waals surface area contributed by atoms with Gasteiger partial charge in [0.1, 0.15) is 0 Å². The molecule has 1 aliphatic heterocycles. The van der Waals surface area contributed by atoms with Gasteiger partial charge in [-0.2, -0.15) is 4.98 Å². The van der Waals surface area contributed by atoms with Crippen LogP contribution >= 0.6 is 0 Å². The molecule has 0 amide bonds. The van der Waals surface area contributed by atoms with Gasteiger partial charge >= 0.3 is 0 Å². The van der Waals surface area contributed by atoms with Crippen LogP contribution < -0.4 is 5.32 Å². The summed E-state index contributed by atoms with van der Waals surface area (Å²) in [6, 6.07) is 0.953. The van der Waals surface area contributed by atoms with Crippen LogP contribution in [0.2, 0.25) is 0 Å². The van der Waals surface area contributed by atoms with E-state index in [2.05, 4.69) is 20.4 Å². The van der Waals surface area contributed by atoms with Gasteiger partial charge in [0.15, 0.2) is 5.82 Å². The predicted molar refractivity (Wildman–Crippen MR) is 67.9 cm³/mol. The van der Waals surface area contributed by atoms with Gasteiger partial charge < -0.3 is 14.7 Å². The maximum atomic E-state index is 5.41. The zero-order chi connectivity index (χ0) is 12.5. The molecule has 1 aromatic heterocycles. The van der Waals surface area contributed by atoms with E-state index in [9.17, 15) is 0 Å². The SMILES string of the molecule is CN(C)Cc1noc(C2CC3CCCCC3N2)n1. The third-order valence-corrected chi connectivity index (χ3v) is 4.10. The third-order valence-electron chi connectivity index (χ3n) is 4.10. The van der Waals surface area contributed by atoms with E-state index in [1.165, 1.54) is 25.7 Å². The number of nitrogens with one attached hydrogen (secondary N) is 1. The fraction of sp³-hybridized carbons (Fsp3) is 0.846. The lowest BCUT2D eigenvalue weighted by Crippen LogP contribution is -2.30. The molecule has 1 saturated heterocycles. The molecule has 18 heavy (non-hydrogen) atoms. The number of rotatable bonds is 3. The zero-order valence-corrected chi connectivity index (χ0v) is 11.2. The van der Waals surface area contributed by atoms with Crippen LogP contribution in [0, 0.1) is 5.92 Å². The van der Waals surface area contributed by atoms with Crippen molar-refractivity contribution in [2.45, 2.75) is 50.7 Å². The second kappa shape index (κ2) is 4.97. The van der Waals surface area contributed by atoms with Crippen molar-refractivity contribution >= 4 is 0 Å². The highest BCUT2D eigenvalue weighted by atomic mass is 16.5. The van der Waals surface area contributed by atoms with Crippen molar-refractivity contribution in [3.63, 3.8) is 0 Å². The predicted octanol–water partition coefficient (Wildman–Crippen LogP) is 1.72. The summed E-state index contributed by atoms with van der Waals surface area (Å²) in [6.07, 6.45) is 6.56. The first-order valence-electron chi connectivity index (χ1n) is 6.95. The summed E-state index contributed by atoms with van der Waals surface area (Å²) in [6.45, 7) is 0.739. The molecule has 0 spiro atoms. The van der Waals surface area contributed by atoms with E-state index in [0.29, 0.717) is 6.04 Å². The van der Waals surface area contributed by atoms with Crippen molar-refractivity contribution < 1.29 is 4.52 Å². The molecule has 2 aliphatic rings. The smallest absolute Gasteiger partial charge is 0.243 e. The number of aromatic nitrogens is 2. The molecular formula is C13H22N4O. The van der Waals surface area contributed by atoms with Gasteiger partial charge in [0.05, 0.1) is 12.6 Å². The van der Waals surface area contributed by atoms with Crippen molar-refractivity contribution in [3.05, 3.63) is 11.7 Å². The van der Waals surface area contributed by atoms with Gasteiger partial charge in [0.2, 0.25) is 5.89 Å². The molecule has 5 heteroatoms. The first-order valence-corrected chi connectivity index (χ1v) is 6.95. The molecule has 2 heterocycles. The average molecular weight is 250 g/mol. The summed E-state index contributed by atoms with van der Waals surface area (Å²) in [5.74, 6) is 2.38. The highest BCUT2D eigenvalue weighted by Gasteiger charge is 2.38. The molecule has 3 atom stereocenters. The van der Waals surface area contributed by atoms with Crippen LogP contribution in [-0.4, -0.2) is 35.2 Å². The number of hydrogen-bond acceptors (Lipinski definition) is 5. The number of fused-ring (bicyclic) bond motifs is 1. The van der Waals surface area contributed by atoms with E-state index in [-0.39, 0.29) is 6.04 Å². The maximum Gasteiger partial charge on any atom is 0.243 e. The zero-order valence-electron chi connectivity index (χ0n) is 11.2. The molecule has 0 aromatic carbocycles. The largest absolute Gasteiger partial charge is 0.338 e. The van der Waals surface area contributed by atoms with E-state index < -0.39 is 0 Å². The molecule has 5 nitrogen and oxygen atoms in total. The summed E-state index contributed by atoms with van der Waals surface area (Å²) in [4.78, 5) is 6.56. The highest BCUT2D eigenvalue weighted by Crippen LogP contribution is 2.38. The van der Waals surface area contributed by atoms with E-state index in [0.717, 1.165) is 30.6 Å². The summed E-state index contributed by atoms with van der Waals surface area (Å²) in [5.41, 5.74) is 0. The first-order chi connectivity index (χ1) is 8.72. The third kappa shape index (κ3) is 2.42. The van der Waals surface area contributed by atoms with Crippen LogP contribution in [0.4, 0.5) is 0 Å². The summed E-state index contributed by atoms with van der Waals surface area (Å²) < 4.78 is 5.41. The summed E-state index contributed by atoms with van der Waals surface area (Å²) in [5, 5.41) is 7.72. The van der Waals surface area contributed by atoms with Gasteiger partial charge in [-0.15, -0.1) is 0 Å². The van der Waals surface area contributed by atoms with Crippen LogP contribution in [0.25, 0.3) is 0 Å². The topological polar surface area (TPSA) is 54.2 Å². The fourth-order valence-electron chi connectivity index (χ4n) is 3.27. The van der Waals surface area contributed by atoms with Gasteiger partial charge in [0.25, 0.3) is 0 Å². The Labute approximate surface area is 108 Å². The molecule has 3 rings (SSSR count). The molecule has 2 fully saturated rings. The Morgan fingerprint density at radius 1 is 1.33 bits per heavy atom. The van der Waals surface area contributed by atoms with Crippen molar-refractivity contribution in [3.8, 4) is 0 Å². The van der Waals surface area contributed by atoms with E-state index in [1.807, 2.05) is 14.1 Å². The van der Waals surface area contributed by atoms with Crippen LogP contribution in [0.1, 0.15) is 49.9 Å². The summed E-state index contributed by atoms with van der Waals surface area (Å²) in [7, 11) is 4.02. The maximum absolute atomic E-state index is 5.41. The van der Waals surface area contributed by atoms with Crippen molar-refractivity contribution in [1.29, 1.82) is 0 Å². The van der Waals surface area contributed by atoms with Crippen LogP contribution in [-0.2, 0) is 6.54 Å². The van der Waals surface area contributed by atoms with Crippen molar-refractivity contribution in [2.24, 2.45) is 5.92 Å². The van der Waals surface area contributed by atoms with Gasteiger partial charge in [-0.1, -0.05) is 18.0 Å². The fourth-order valence-corrected chi connectivity index (χ4v) is 3.27. The normalized spacial score (nSPS) is 31.8. The Morgan fingerprint density at radius 2 is 2.17 bits per heavy atom.